The minimum atomic E-state index is -0.922. The summed E-state index contributed by atoms with van der Waals surface area (Å²) in [6, 6.07) is 0. The summed E-state index contributed by atoms with van der Waals surface area (Å²) in [4.78, 5) is 12.7. The van der Waals surface area contributed by atoms with Crippen molar-refractivity contribution >= 4 is 5.97 Å². The van der Waals surface area contributed by atoms with Crippen molar-refractivity contribution in [3.8, 4) is 0 Å². The van der Waals surface area contributed by atoms with Crippen LogP contribution >= 0.6 is 0 Å². The molecule has 0 amide bonds. The molecule has 66 valence electrons. The zero-order valence-corrected chi connectivity index (χ0v) is 7.42. The molecule has 0 aromatic carbocycles. The highest BCUT2D eigenvalue weighted by atomic mass is 16.5. The Kier molecular flexibility index (Phi) is 3.48. The fourth-order valence-corrected chi connectivity index (χ4v) is 0.608. The monoisotopic (exact) mass is 161 g/mol. The van der Waals surface area contributed by atoms with Crippen LogP contribution in [0.25, 0.3) is 0 Å². The van der Waals surface area contributed by atoms with E-state index in [1.807, 2.05) is 0 Å². The number of aliphatic hydroxyl groups excluding tert-OH is 1. The molecular formula is C7H15NO3. The Morgan fingerprint density at radius 3 is 2.18 bits per heavy atom. The SMILES string of the molecule is COC(=O)C(C)(CO)N(C)C. The largest absolute Gasteiger partial charge is 0.468 e. The highest BCUT2D eigenvalue weighted by Crippen LogP contribution is 2.11. The lowest BCUT2D eigenvalue weighted by Gasteiger charge is -2.31. The summed E-state index contributed by atoms with van der Waals surface area (Å²) in [5.74, 6) is -0.426. The van der Waals surface area contributed by atoms with Gasteiger partial charge in [0.2, 0.25) is 0 Å². The summed E-state index contributed by atoms with van der Waals surface area (Å²) in [5, 5.41) is 8.91. The Morgan fingerprint density at radius 2 is 2.09 bits per heavy atom. The molecule has 4 heteroatoms. The number of esters is 1. The van der Waals surface area contributed by atoms with E-state index in [1.165, 1.54) is 7.11 Å². The van der Waals surface area contributed by atoms with Gasteiger partial charge >= 0.3 is 5.97 Å². The van der Waals surface area contributed by atoms with Crippen LogP contribution in [-0.2, 0) is 9.53 Å². The summed E-state index contributed by atoms with van der Waals surface area (Å²) in [6.07, 6.45) is 0. The average molecular weight is 161 g/mol. The number of ether oxygens (including phenoxy) is 1. The fraction of sp³-hybridized carbons (Fsp3) is 0.857. The predicted octanol–water partition coefficient (Wildman–Crippen LogP) is -0.528. The standard InChI is InChI=1S/C7H15NO3/c1-7(5-9,8(2)3)6(10)11-4/h9H,5H2,1-4H3. The van der Waals surface area contributed by atoms with E-state index >= 15 is 0 Å². The lowest BCUT2D eigenvalue weighted by atomic mass is 10.0. The van der Waals surface area contributed by atoms with Crippen LogP contribution < -0.4 is 0 Å². The maximum atomic E-state index is 11.1. The maximum Gasteiger partial charge on any atom is 0.328 e. The van der Waals surface area contributed by atoms with E-state index in [4.69, 9.17) is 5.11 Å². The second kappa shape index (κ2) is 3.69. The van der Waals surface area contributed by atoms with Gasteiger partial charge < -0.3 is 9.84 Å². The quantitative estimate of drug-likeness (QED) is 0.565. The van der Waals surface area contributed by atoms with Crippen LogP contribution in [0.2, 0.25) is 0 Å². The van der Waals surface area contributed by atoms with Gasteiger partial charge in [0.1, 0.15) is 5.54 Å². The smallest absolute Gasteiger partial charge is 0.328 e. The topological polar surface area (TPSA) is 49.8 Å². The Morgan fingerprint density at radius 1 is 1.64 bits per heavy atom. The molecule has 0 fully saturated rings. The first-order valence-corrected chi connectivity index (χ1v) is 3.35. The van der Waals surface area contributed by atoms with Gasteiger partial charge in [-0.25, -0.2) is 4.79 Å². The van der Waals surface area contributed by atoms with Gasteiger partial charge in [0.05, 0.1) is 13.7 Å². The molecule has 0 bridgehead atoms. The number of nitrogens with zero attached hydrogens (tertiary/aromatic N) is 1. The van der Waals surface area contributed by atoms with Crippen LogP contribution in [0.1, 0.15) is 6.92 Å². The Labute approximate surface area is 66.8 Å². The second-order valence-corrected chi connectivity index (χ2v) is 2.82. The van der Waals surface area contributed by atoms with E-state index in [0.717, 1.165) is 0 Å². The van der Waals surface area contributed by atoms with Crippen molar-refractivity contribution in [2.75, 3.05) is 27.8 Å². The molecule has 0 heterocycles. The van der Waals surface area contributed by atoms with E-state index < -0.39 is 11.5 Å². The van der Waals surface area contributed by atoms with Crippen LogP contribution in [0.4, 0.5) is 0 Å². The van der Waals surface area contributed by atoms with Gasteiger partial charge in [0.25, 0.3) is 0 Å². The van der Waals surface area contributed by atoms with Crippen LogP contribution in [0, 0.1) is 0 Å². The number of aliphatic hydroxyl groups is 1. The molecule has 0 radical (unpaired) electrons. The number of hydrogen-bond acceptors (Lipinski definition) is 4. The highest BCUT2D eigenvalue weighted by Gasteiger charge is 2.35. The summed E-state index contributed by atoms with van der Waals surface area (Å²) >= 11 is 0. The van der Waals surface area contributed by atoms with Gasteiger partial charge in [-0.3, -0.25) is 4.90 Å². The zero-order chi connectivity index (χ0) is 9.07. The molecular weight excluding hydrogens is 146 g/mol. The van der Waals surface area contributed by atoms with Crippen LogP contribution in [0.5, 0.6) is 0 Å². The number of hydrogen-bond donors (Lipinski definition) is 1. The molecule has 1 N–H and O–H groups in total. The number of carbonyl (C=O) groups excluding carboxylic acids is 1. The number of likely N-dealkylation sites (N-methyl/N-ethyl adjacent to an activating group) is 1. The van der Waals surface area contributed by atoms with E-state index in [-0.39, 0.29) is 6.61 Å². The molecule has 1 unspecified atom stereocenters. The van der Waals surface area contributed by atoms with Crippen molar-refractivity contribution in [3.05, 3.63) is 0 Å². The molecule has 0 saturated carbocycles. The second-order valence-electron chi connectivity index (χ2n) is 2.82. The van der Waals surface area contributed by atoms with Gasteiger partial charge in [-0.15, -0.1) is 0 Å². The van der Waals surface area contributed by atoms with E-state index in [9.17, 15) is 4.79 Å². The third-order valence-corrected chi connectivity index (χ3v) is 1.92. The van der Waals surface area contributed by atoms with Crippen molar-refractivity contribution in [2.45, 2.75) is 12.5 Å². The zero-order valence-electron chi connectivity index (χ0n) is 7.42. The van der Waals surface area contributed by atoms with Gasteiger partial charge in [-0.2, -0.15) is 0 Å². The predicted molar refractivity (Wildman–Crippen MR) is 41.2 cm³/mol. The molecule has 0 rings (SSSR count). The summed E-state index contributed by atoms with van der Waals surface area (Å²) < 4.78 is 4.53. The van der Waals surface area contributed by atoms with Gasteiger partial charge in [0, 0.05) is 0 Å². The maximum absolute atomic E-state index is 11.1. The van der Waals surface area contributed by atoms with Crippen LogP contribution in [0.15, 0.2) is 0 Å². The van der Waals surface area contributed by atoms with Crippen molar-refractivity contribution in [1.29, 1.82) is 0 Å². The molecule has 1 atom stereocenters. The molecule has 0 saturated heterocycles. The Balaban J connectivity index is 4.45. The lowest BCUT2D eigenvalue weighted by molar-refractivity contribution is -0.155. The summed E-state index contributed by atoms with van der Waals surface area (Å²) in [7, 11) is 4.74. The van der Waals surface area contributed by atoms with Gasteiger partial charge in [-0.1, -0.05) is 0 Å². The molecule has 0 aliphatic heterocycles. The average Bonchev–Trinajstić information content (AvgIpc) is 2.01. The normalized spacial score (nSPS) is 16.2. The number of rotatable bonds is 3. The summed E-state index contributed by atoms with van der Waals surface area (Å²) in [6.45, 7) is 1.38. The van der Waals surface area contributed by atoms with E-state index in [1.54, 1.807) is 25.9 Å². The molecule has 0 aliphatic rings. The van der Waals surface area contributed by atoms with Crippen molar-refractivity contribution in [1.82, 2.24) is 4.90 Å². The third kappa shape index (κ3) is 1.91. The highest BCUT2D eigenvalue weighted by molar-refractivity contribution is 5.80. The molecule has 0 aromatic rings. The molecule has 4 nitrogen and oxygen atoms in total. The van der Waals surface area contributed by atoms with Crippen molar-refractivity contribution < 1.29 is 14.6 Å². The van der Waals surface area contributed by atoms with Crippen molar-refractivity contribution in [2.24, 2.45) is 0 Å². The van der Waals surface area contributed by atoms with E-state index in [0.29, 0.717) is 0 Å². The minimum Gasteiger partial charge on any atom is -0.468 e. The summed E-state index contributed by atoms with van der Waals surface area (Å²) in [5.41, 5.74) is -0.922. The molecule has 0 spiro atoms. The Hall–Kier alpha value is -0.610. The first kappa shape index (κ1) is 10.4. The number of methoxy groups -OCH3 is 1. The minimum absolute atomic E-state index is 0.243. The first-order chi connectivity index (χ1) is 4.99. The van der Waals surface area contributed by atoms with Crippen LogP contribution in [0.3, 0.4) is 0 Å². The third-order valence-electron chi connectivity index (χ3n) is 1.92. The van der Waals surface area contributed by atoms with Gasteiger partial charge in [-0.05, 0) is 21.0 Å². The molecule has 0 aliphatic carbocycles. The molecule has 0 aromatic heterocycles. The van der Waals surface area contributed by atoms with Gasteiger partial charge in [0.15, 0.2) is 0 Å². The fourth-order valence-electron chi connectivity index (χ4n) is 0.608. The first-order valence-electron chi connectivity index (χ1n) is 3.35. The lowest BCUT2D eigenvalue weighted by Crippen LogP contribution is -2.52. The molecule has 11 heavy (non-hydrogen) atoms. The van der Waals surface area contributed by atoms with Crippen molar-refractivity contribution in [3.63, 3.8) is 0 Å². The van der Waals surface area contributed by atoms with Crippen LogP contribution in [-0.4, -0.2) is 49.3 Å². The number of carbonyl (C=O) groups is 1. The van der Waals surface area contributed by atoms with E-state index in [2.05, 4.69) is 4.74 Å². The Bertz CT molecular complexity index is 147.